The lowest BCUT2D eigenvalue weighted by atomic mass is 9.91. The van der Waals surface area contributed by atoms with Crippen LogP contribution in [0.2, 0.25) is 0 Å². The Kier molecular flexibility index (Phi) is 4.37. The highest BCUT2D eigenvalue weighted by atomic mass is 16.6. The molecule has 1 aromatic rings. The number of hydrogen-bond donors (Lipinski definition) is 2. The third kappa shape index (κ3) is 3.24. The number of hydrogen-bond acceptors (Lipinski definition) is 6. The minimum absolute atomic E-state index is 0.0996. The molecule has 2 heterocycles. The molecule has 2 atom stereocenters. The van der Waals surface area contributed by atoms with E-state index in [1.165, 1.54) is 0 Å². The highest BCUT2D eigenvalue weighted by Crippen LogP contribution is 2.39. The van der Waals surface area contributed by atoms with Crippen molar-refractivity contribution in [3.05, 3.63) is 23.8 Å². The quantitative estimate of drug-likeness (QED) is 0.715. The van der Waals surface area contributed by atoms with E-state index in [0.29, 0.717) is 30.3 Å². The van der Waals surface area contributed by atoms with E-state index in [0.717, 1.165) is 17.7 Å². The maximum Gasteiger partial charge on any atom is 0.325 e. The summed E-state index contributed by atoms with van der Waals surface area (Å²) in [6, 6.07) is 6.51. The van der Waals surface area contributed by atoms with Crippen molar-refractivity contribution in [2.24, 2.45) is 5.92 Å². The molecular weight excluding hydrogens is 376 g/mol. The smallest absolute Gasteiger partial charge is 0.325 e. The van der Waals surface area contributed by atoms with Crippen molar-refractivity contribution in [3.63, 3.8) is 0 Å². The second-order valence-electron chi connectivity index (χ2n) is 7.94. The van der Waals surface area contributed by atoms with Crippen LogP contribution in [0.3, 0.4) is 0 Å². The van der Waals surface area contributed by atoms with Gasteiger partial charge in [-0.25, -0.2) is 4.79 Å². The second-order valence-corrected chi connectivity index (χ2v) is 7.94. The molecule has 9 heteroatoms. The highest BCUT2D eigenvalue weighted by molar-refractivity contribution is 6.09. The predicted molar refractivity (Wildman–Crippen MR) is 99.9 cm³/mol. The lowest BCUT2D eigenvalue weighted by Gasteiger charge is -2.26. The molecular formula is C20H22N4O5. The normalized spacial score (nSPS) is 25.1. The molecule has 0 aromatic heterocycles. The van der Waals surface area contributed by atoms with Crippen LogP contribution >= 0.6 is 0 Å². The number of rotatable bonds is 5. The van der Waals surface area contributed by atoms with Gasteiger partial charge in [0.1, 0.15) is 30.8 Å². The van der Waals surface area contributed by atoms with Crippen molar-refractivity contribution >= 4 is 17.8 Å². The first kappa shape index (κ1) is 19.1. The van der Waals surface area contributed by atoms with Gasteiger partial charge < -0.3 is 20.1 Å². The Balaban J connectivity index is 1.51. The van der Waals surface area contributed by atoms with Gasteiger partial charge in [-0.3, -0.25) is 14.5 Å². The monoisotopic (exact) mass is 398 g/mol. The first-order valence-corrected chi connectivity index (χ1v) is 9.53. The topological polar surface area (TPSA) is 121 Å². The lowest BCUT2D eigenvalue weighted by Crippen LogP contribution is -2.51. The maximum absolute atomic E-state index is 13.0. The van der Waals surface area contributed by atoms with Crippen molar-refractivity contribution in [2.45, 2.75) is 37.8 Å². The number of nitrogens with zero attached hydrogens (tertiary/aromatic N) is 2. The largest absolute Gasteiger partial charge is 0.486 e. The Labute approximate surface area is 167 Å². The third-order valence-electron chi connectivity index (χ3n) is 5.72. The summed E-state index contributed by atoms with van der Waals surface area (Å²) in [6.45, 7) is 3.64. The van der Waals surface area contributed by atoms with Crippen LogP contribution in [-0.2, 0) is 15.1 Å². The molecule has 1 aliphatic carbocycles. The standard InChI is InChI=1S/C20H22N4O5/c1-19(11-21,12-3-4-12)22-16(25)10-24-17(26)20(2,23-18(24)27)13-5-6-14-15(9-13)29-8-7-28-14/h5-6,9,12H,3-4,7-8,10H2,1-2H3,(H,22,25)(H,23,27)/t19-,20-/m0/s1. The van der Waals surface area contributed by atoms with Crippen molar-refractivity contribution in [2.75, 3.05) is 19.8 Å². The summed E-state index contributed by atoms with van der Waals surface area (Å²) in [4.78, 5) is 38.9. The van der Waals surface area contributed by atoms with Crippen molar-refractivity contribution < 1.29 is 23.9 Å². The van der Waals surface area contributed by atoms with Gasteiger partial charge in [0.05, 0.1) is 6.07 Å². The van der Waals surface area contributed by atoms with Gasteiger partial charge in [-0.2, -0.15) is 5.26 Å². The van der Waals surface area contributed by atoms with Crippen LogP contribution in [-0.4, -0.2) is 48.0 Å². The van der Waals surface area contributed by atoms with Gasteiger partial charge >= 0.3 is 6.03 Å². The van der Waals surface area contributed by atoms with Gasteiger partial charge in [-0.05, 0) is 50.3 Å². The fraction of sp³-hybridized carbons (Fsp3) is 0.500. The number of carbonyl (C=O) groups excluding carboxylic acids is 3. The zero-order valence-electron chi connectivity index (χ0n) is 16.3. The molecule has 2 N–H and O–H groups in total. The molecule has 4 rings (SSSR count). The van der Waals surface area contributed by atoms with Crippen LogP contribution in [0.4, 0.5) is 4.79 Å². The van der Waals surface area contributed by atoms with Gasteiger partial charge in [0, 0.05) is 0 Å². The molecule has 2 aliphatic heterocycles. The van der Waals surface area contributed by atoms with Crippen LogP contribution in [0, 0.1) is 17.2 Å². The summed E-state index contributed by atoms with van der Waals surface area (Å²) in [7, 11) is 0. The Bertz CT molecular complexity index is 937. The van der Waals surface area contributed by atoms with E-state index in [9.17, 15) is 19.6 Å². The zero-order chi connectivity index (χ0) is 20.8. The third-order valence-corrected chi connectivity index (χ3v) is 5.72. The molecule has 29 heavy (non-hydrogen) atoms. The van der Waals surface area contributed by atoms with Gasteiger partial charge in [0.2, 0.25) is 5.91 Å². The summed E-state index contributed by atoms with van der Waals surface area (Å²) in [5.74, 6) is 0.0905. The van der Waals surface area contributed by atoms with Crippen LogP contribution in [0.15, 0.2) is 18.2 Å². The summed E-state index contributed by atoms with van der Waals surface area (Å²) >= 11 is 0. The minimum atomic E-state index is -1.33. The Morgan fingerprint density at radius 2 is 2.03 bits per heavy atom. The van der Waals surface area contributed by atoms with Crippen LogP contribution in [0.1, 0.15) is 32.3 Å². The van der Waals surface area contributed by atoms with E-state index in [1.807, 2.05) is 0 Å². The number of carbonyl (C=O) groups is 3. The molecule has 152 valence electrons. The number of imide groups is 1. The number of fused-ring (bicyclic) bond motifs is 1. The molecule has 0 bridgehead atoms. The van der Waals surface area contributed by atoms with Gasteiger partial charge in [-0.1, -0.05) is 6.07 Å². The predicted octanol–water partition coefficient (Wildman–Crippen LogP) is 1.03. The molecule has 1 saturated heterocycles. The van der Waals surface area contributed by atoms with Crippen molar-refractivity contribution in [1.82, 2.24) is 15.5 Å². The molecule has 2 fully saturated rings. The van der Waals surface area contributed by atoms with Crippen LogP contribution in [0.25, 0.3) is 0 Å². The molecule has 1 saturated carbocycles. The molecule has 0 radical (unpaired) electrons. The molecule has 3 aliphatic rings. The number of benzene rings is 1. The first-order valence-electron chi connectivity index (χ1n) is 9.53. The molecule has 0 unspecified atom stereocenters. The fourth-order valence-corrected chi connectivity index (χ4v) is 3.75. The average molecular weight is 398 g/mol. The van der Waals surface area contributed by atoms with E-state index in [1.54, 1.807) is 32.0 Å². The second kappa shape index (κ2) is 6.65. The van der Waals surface area contributed by atoms with Crippen molar-refractivity contribution in [1.29, 1.82) is 5.26 Å². The SMILES string of the molecule is C[C@@]1(c2ccc3c(c2)OCCO3)NC(=O)N(CC(=O)N[C@@](C)(C#N)C2CC2)C1=O. The van der Waals surface area contributed by atoms with E-state index in [2.05, 4.69) is 16.7 Å². The van der Waals surface area contributed by atoms with E-state index < -0.39 is 35.5 Å². The lowest BCUT2D eigenvalue weighted by molar-refractivity contribution is -0.135. The van der Waals surface area contributed by atoms with Gasteiger partial charge in [-0.15, -0.1) is 0 Å². The summed E-state index contributed by atoms with van der Waals surface area (Å²) < 4.78 is 11.1. The average Bonchev–Trinajstić information content (AvgIpc) is 3.54. The van der Waals surface area contributed by atoms with E-state index in [4.69, 9.17) is 9.47 Å². The maximum atomic E-state index is 13.0. The number of amides is 4. The Morgan fingerprint density at radius 1 is 1.34 bits per heavy atom. The summed E-state index contributed by atoms with van der Waals surface area (Å²) in [6.07, 6.45) is 1.74. The summed E-state index contributed by atoms with van der Waals surface area (Å²) in [5.41, 5.74) is -1.79. The number of ether oxygens (including phenoxy) is 2. The molecule has 9 nitrogen and oxygen atoms in total. The number of nitriles is 1. The molecule has 4 amide bonds. The number of urea groups is 1. The van der Waals surface area contributed by atoms with Crippen LogP contribution in [0.5, 0.6) is 11.5 Å². The van der Waals surface area contributed by atoms with Crippen LogP contribution < -0.4 is 20.1 Å². The van der Waals surface area contributed by atoms with Gasteiger partial charge in [0.15, 0.2) is 11.5 Å². The zero-order valence-corrected chi connectivity index (χ0v) is 16.3. The first-order chi connectivity index (χ1) is 13.8. The molecule has 1 aromatic carbocycles. The van der Waals surface area contributed by atoms with E-state index >= 15 is 0 Å². The fourth-order valence-electron chi connectivity index (χ4n) is 3.75. The number of nitrogens with one attached hydrogen (secondary N) is 2. The molecule has 0 spiro atoms. The highest BCUT2D eigenvalue weighted by Gasteiger charge is 2.50. The minimum Gasteiger partial charge on any atom is -0.486 e. The Morgan fingerprint density at radius 3 is 2.69 bits per heavy atom. The van der Waals surface area contributed by atoms with E-state index in [-0.39, 0.29) is 5.92 Å². The Hall–Kier alpha value is -3.28. The van der Waals surface area contributed by atoms with Crippen molar-refractivity contribution in [3.8, 4) is 17.6 Å². The summed E-state index contributed by atoms with van der Waals surface area (Å²) in [5, 5.41) is 14.7. The van der Waals surface area contributed by atoms with Gasteiger partial charge in [0.25, 0.3) is 5.91 Å².